The van der Waals surface area contributed by atoms with Gasteiger partial charge in [0.2, 0.25) is 0 Å². The van der Waals surface area contributed by atoms with Crippen LogP contribution in [-0.4, -0.2) is 7.11 Å². The Morgan fingerprint density at radius 3 is 2.20 bits per heavy atom. The van der Waals surface area contributed by atoms with Crippen LogP contribution in [0.5, 0.6) is 5.75 Å². The first-order valence-electron chi connectivity index (χ1n) is 6.78. The molecule has 0 radical (unpaired) electrons. The van der Waals surface area contributed by atoms with Crippen molar-refractivity contribution in [2.45, 2.75) is 27.7 Å². The van der Waals surface area contributed by atoms with Gasteiger partial charge in [-0.2, -0.15) is 0 Å². The average molecular weight is 268 g/mol. The van der Waals surface area contributed by atoms with Gasteiger partial charge in [0.25, 0.3) is 0 Å². The highest BCUT2D eigenvalue weighted by Gasteiger charge is 2.11. The Morgan fingerprint density at radius 1 is 1.10 bits per heavy atom. The molecule has 0 aliphatic carbocycles. The van der Waals surface area contributed by atoms with Gasteiger partial charge >= 0.3 is 0 Å². The molecule has 0 spiro atoms. The molecule has 1 rings (SSSR count). The van der Waals surface area contributed by atoms with Gasteiger partial charge in [-0.25, -0.2) is 0 Å². The maximum Gasteiger partial charge on any atom is 0.127 e. The van der Waals surface area contributed by atoms with Gasteiger partial charge in [-0.15, -0.1) is 0 Å². The van der Waals surface area contributed by atoms with Gasteiger partial charge < -0.3 is 4.74 Å². The van der Waals surface area contributed by atoms with Gasteiger partial charge in [0.1, 0.15) is 5.75 Å². The lowest BCUT2D eigenvalue weighted by Crippen LogP contribution is -1.96. The van der Waals surface area contributed by atoms with Crippen LogP contribution in [0.4, 0.5) is 0 Å². The van der Waals surface area contributed by atoms with E-state index in [0.29, 0.717) is 0 Å². The first-order valence-corrected chi connectivity index (χ1v) is 6.78. The number of aryl methyl sites for hydroxylation is 1. The molecule has 0 bridgehead atoms. The largest absolute Gasteiger partial charge is 0.496 e. The molecule has 0 unspecified atom stereocenters. The molecule has 0 saturated carbocycles. The van der Waals surface area contributed by atoms with Gasteiger partial charge in [0.05, 0.1) is 7.11 Å². The van der Waals surface area contributed by atoms with Gasteiger partial charge in [0.15, 0.2) is 0 Å². The first kappa shape index (κ1) is 16.0. The zero-order valence-electron chi connectivity index (χ0n) is 13.2. The maximum atomic E-state index is 5.55. The van der Waals surface area contributed by atoms with Crippen LogP contribution in [-0.2, 0) is 0 Å². The van der Waals surface area contributed by atoms with Crippen molar-refractivity contribution in [3.63, 3.8) is 0 Å². The SMILES string of the molecule is C=C/C(C)=C(/C)c1cc(OC)c(/C(C=C)=C/C)cc1C. The predicted molar refractivity (Wildman–Crippen MR) is 90.0 cm³/mol. The predicted octanol–water partition coefficient (Wildman–Crippen LogP) is 5.57. The molecule has 0 saturated heterocycles. The molecule has 20 heavy (non-hydrogen) atoms. The molecule has 0 atom stereocenters. The highest BCUT2D eigenvalue weighted by molar-refractivity contribution is 5.81. The molecule has 0 N–H and O–H groups in total. The molecular weight excluding hydrogens is 244 g/mol. The van der Waals surface area contributed by atoms with Crippen LogP contribution in [0.25, 0.3) is 11.1 Å². The normalized spacial score (nSPS) is 12.8. The summed E-state index contributed by atoms with van der Waals surface area (Å²) in [6.07, 6.45) is 5.78. The lowest BCUT2D eigenvalue weighted by molar-refractivity contribution is 0.413. The summed E-state index contributed by atoms with van der Waals surface area (Å²) in [6, 6.07) is 4.26. The van der Waals surface area contributed by atoms with Crippen molar-refractivity contribution in [3.8, 4) is 5.75 Å². The first-order chi connectivity index (χ1) is 9.49. The number of methoxy groups -OCH3 is 1. The van der Waals surface area contributed by atoms with Crippen molar-refractivity contribution in [3.05, 3.63) is 65.8 Å². The van der Waals surface area contributed by atoms with Crippen LogP contribution in [0.15, 0.2) is 49.1 Å². The van der Waals surface area contributed by atoms with Crippen molar-refractivity contribution in [2.24, 2.45) is 0 Å². The van der Waals surface area contributed by atoms with Crippen LogP contribution in [0, 0.1) is 6.92 Å². The Bertz CT molecular complexity index is 586. The summed E-state index contributed by atoms with van der Waals surface area (Å²) in [7, 11) is 1.70. The minimum absolute atomic E-state index is 0.870. The Hall–Kier alpha value is -2.02. The quantitative estimate of drug-likeness (QED) is 0.634. The molecule has 1 aromatic carbocycles. The van der Waals surface area contributed by atoms with Gasteiger partial charge in [0, 0.05) is 5.56 Å². The number of ether oxygens (including phenoxy) is 1. The highest BCUT2D eigenvalue weighted by Crippen LogP contribution is 2.33. The molecule has 0 aliphatic heterocycles. The molecular formula is C19H24O. The fourth-order valence-corrected chi connectivity index (χ4v) is 2.24. The van der Waals surface area contributed by atoms with E-state index in [4.69, 9.17) is 4.74 Å². The molecule has 1 heteroatoms. The third-order valence-corrected chi connectivity index (χ3v) is 3.69. The smallest absolute Gasteiger partial charge is 0.127 e. The van der Waals surface area contributed by atoms with Crippen molar-refractivity contribution in [1.29, 1.82) is 0 Å². The van der Waals surface area contributed by atoms with Gasteiger partial charge in [-0.1, -0.05) is 31.4 Å². The van der Waals surface area contributed by atoms with E-state index in [1.165, 1.54) is 22.3 Å². The second kappa shape index (κ2) is 6.95. The Balaban J connectivity index is 3.57. The topological polar surface area (TPSA) is 9.23 Å². The second-order valence-corrected chi connectivity index (χ2v) is 4.83. The van der Waals surface area contributed by atoms with E-state index in [9.17, 15) is 0 Å². The number of rotatable bonds is 5. The molecule has 0 amide bonds. The summed E-state index contributed by atoms with van der Waals surface area (Å²) < 4.78 is 5.55. The summed E-state index contributed by atoms with van der Waals surface area (Å²) >= 11 is 0. The van der Waals surface area contributed by atoms with Crippen molar-refractivity contribution >= 4 is 11.1 Å². The zero-order valence-corrected chi connectivity index (χ0v) is 13.2. The van der Waals surface area contributed by atoms with Gasteiger partial charge in [-0.3, -0.25) is 0 Å². The second-order valence-electron chi connectivity index (χ2n) is 4.83. The van der Waals surface area contributed by atoms with E-state index in [2.05, 4.69) is 46.1 Å². The lowest BCUT2D eigenvalue weighted by Gasteiger charge is -2.16. The number of benzene rings is 1. The average Bonchev–Trinajstić information content (AvgIpc) is 2.47. The summed E-state index contributed by atoms with van der Waals surface area (Å²) in [6.45, 7) is 16.0. The molecule has 0 heterocycles. The minimum atomic E-state index is 0.870. The molecule has 106 valence electrons. The van der Waals surface area contributed by atoms with E-state index in [0.717, 1.165) is 16.9 Å². The van der Waals surface area contributed by atoms with E-state index in [-0.39, 0.29) is 0 Å². The van der Waals surface area contributed by atoms with Crippen LogP contribution in [0.1, 0.15) is 37.5 Å². The van der Waals surface area contributed by atoms with Crippen LogP contribution >= 0.6 is 0 Å². The van der Waals surface area contributed by atoms with E-state index < -0.39 is 0 Å². The maximum absolute atomic E-state index is 5.55. The summed E-state index contributed by atoms with van der Waals surface area (Å²) in [5, 5.41) is 0. The Kier molecular flexibility index (Phi) is 5.57. The molecule has 0 aliphatic rings. The number of hydrogen-bond donors (Lipinski definition) is 0. The fraction of sp³-hybridized carbons (Fsp3) is 0.263. The Labute approximate surface area is 123 Å². The third kappa shape index (κ3) is 3.11. The molecule has 1 nitrogen and oxygen atoms in total. The van der Waals surface area contributed by atoms with Crippen molar-refractivity contribution < 1.29 is 4.74 Å². The molecule has 0 fully saturated rings. The number of allylic oxidation sites excluding steroid dienone is 6. The van der Waals surface area contributed by atoms with E-state index in [1.807, 2.05) is 25.2 Å². The van der Waals surface area contributed by atoms with Crippen LogP contribution in [0.2, 0.25) is 0 Å². The molecule has 0 aromatic heterocycles. The summed E-state index contributed by atoms with van der Waals surface area (Å²) in [5.41, 5.74) is 6.98. The minimum Gasteiger partial charge on any atom is -0.496 e. The fourth-order valence-electron chi connectivity index (χ4n) is 2.24. The molecule has 1 aromatic rings. The Morgan fingerprint density at radius 2 is 1.75 bits per heavy atom. The van der Waals surface area contributed by atoms with Crippen molar-refractivity contribution in [1.82, 2.24) is 0 Å². The van der Waals surface area contributed by atoms with E-state index >= 15 is 0 Å². The third-order valence-electron chi connectivity index (χ3n) is 3.69. The standard InChI is InChI=1S/C19H24O/c1-8-13(4)15(6)17-12-19(20-7)18(11-14(17)5)16(9-2)10-3/h8-12H,1-2H2,3-7H3/b15-13-,16-10+. The van der Waals surface area contributed by atoms with Gasteiger partial charge in [-0.05, 0) is 67.7 Å². The summed E-state index contributed by atoms with van der Waals surface area (Å²) in [4.78, 5) is 0. The zero-order chi connectivity index (χ0) is 15.3. The number of hydrogen-bond acceptors (Lipinski definition) is 1. The van der Waals surface area contributed by atoms with E-state index in [1.54, 1.807) is 7.11 Å². The van der Waals surface area contributed by atoms with Crippen molar-refractivity contribution in [2.75, 3.05) is 7.11 Å². The van der Waals surface area contributed by atoms with Crippen LogP contribution in [0.3, 0.4) is 0 Å². The summed E-state index contributed by atoms with van der Waals surface area (Å²) in [5.74, 6) is 0.870. The highest BCUT2D eigenvalue weighted by atomic mass is 16.5. The monoisotopic (exact) mass is 268 g/mol. The van der Waals surface area contributed by atoms with Crippen LogP contribution < -0.4 is 4.74 Å². The lowest BCUT2D eigenvalue weighted by atomic mass is 9.93.